The molecule has 0 aliphatic heterocycles. The fraction of sp³-hybridized carbons (Fsp3) is 0.312. The predicted molar refractivity (Wildman–Crippen MR) is 95.6 cm³/mol. The lowest BCUT2D eigenvalue weighted by molar-refractivity contribution is 0.179. The Bertz CT molecular complexity index is 641. The summed E-state index contributed by atoms with van der Waals surface area (Å²) in [6, 6.07) is 10.3. The van der Waals surface area contributed by atoms with Gasteiger partial charge in [0, 0.05) is 24.9 Å². The summed E-state index contributed by atoms with van der Waals surface area (Å²) in [7, 11) is 1.65. The molecule has 1 aromatic heterocycles. The molecule has 0 bridgehead atoms. The summed E-state index contributed by atoms with van der Waals surface area (Å²) < 4.78 is 6.90. The van der Waals surface area contributed by atoms with E-state index in [0.29, 0.717) is 11.7 Å². The first kappa shape index (κ1) is 17.1. The highest BCUT2D eigenvalue weighted by molar-refractivity contribution is 7.80. The van der Waals surface area contributed by atoms with E-state index in [9.17, 15) is 0 Å². The summed E-state index contributed by atoms with van der Waals surface area (Å²) in [5.74, 6) is 0. The van der Waals surface area contributed by atoms with Gasteiger partial charge in [0.15, 0.2) is 5.11 Å². The van der Waals surface area contributed by atoms with Gasteiger partial charge in [-0.2, -0.15) is 10.2 Å². The Morgan fingerprint density at radius 2 is 2.22 bits per heavy atom. The van der Waals surface area contributed by atoms with Crippen LogP contribution >= 0.6 is 12.2 Å². The number of ether oxygens (including phenoxy) is 1. The number of hydrogen-bond donors (Lipinski definition) is 2. The molecule has 0 aliphatic rings. The molecule has 1 atom stereocenters. The molecule has 0 radical (unpaired) electrons. The number of nitrogens with zero attached hydrogens (tertiary/aromatic N) is 3. The highest BCUT2D eigenvalue weighted by Gasteiger charge is 2.02. The fourth-order valence-corrected chi connectivity index (χ4v) is 2.27. The number of rotatable bonds is 7. The first-order valence-corrected chi connectivity index (χ1v) is 7.73. The SMILES string of the molecule is COC[C@@H](C)NC(=S)N/N=C\c1cnn(Cc2ccccc2)c1. The first-order valence-electron chi connectivity index (χ1n) is 7.32. The third kappa shape index (κ3) is 6.17. The molecule has 0 spiro atoms. The van der Waals surface area contributed by atoms with Crippen molar-refractivity contribution < 1.29 is 4.74 Å². The number of hydrogen-bond acceptors (Lipinski definition) is 4. The van der Waals surface area contributed by atoms with E-state index >= 15 is 0 Å². The molecule has 0 fully saturated rings. The Balaban J connectivity index is 1.81. The third-order valence-electron chi connectivity index (χ3n) is 3.01. The van der Waals surface area contributed by atoms with Crippen LogP contribution < -0.4 is 10.7 Å². The molecule has 2 N–H and O–H groups in total. The van der Waals surface area contributed by atoms with Crippen molar-refractivity contribution in [2.24, 2.45) is 5.10 Å². The van der Waals surface area contributed by atoms with Crippen LogP contribution in [0.3, 0.4) is 0 Å². The van der Waals surface area contributed by atoms with Crippen LogP contribution in [0, 0.1) is 0 Å². The molecule has 7 heteroatoms. The molecule has 0 aliphatic carbocycles. The van der Waals surface area contributed by atoms with Crippen LogP contribution in [0.25, 0.3) is 0 Å². The van der Waals surface area contributed by atoms with Gasteiger partial charge in [0.25, 0.3) is 0 Å². The zero-order valence-electron chi connectivity index (χ0n) is 13.3. The molecule has 0 unspecified atom stereocenters. The van der Waals surface area contributed by atoms with Crippen LogP contribution in [0.2, 0.25) is 0 Å². The van der Waals surface area contributed by atoms with E-state index in [4.69, 9.17) is 17.0 Å². The van der Waals surface area contributed by atoms with E-state index in [0.717, 1.165) is 12.1 Å². The molecular formula is C16H21N5OS. The molecule has 0 amide bonds. The van der Waals surface area contributed by atoms with E-state index in [1.807, 2.05) is 36.0 Å². The van der Waals surface area contributed by atoms with Crippen molar-refractivity contribution in [3.8, 4) is 0 Å². The van der Waals surface area contributed by atoms with Gasteiger partial charge in [0.05, 0.1) is 25.6 Å². The minimum Gasteiger partial charge on any atom is -0.383 e. The zero-order chi connectivity index (χ0) is 16.5. The minimum atomic E-state index is 0.129. The molecule has 2 rings (SSSR count). The Morgan fingerprint density at radius 1 is 1.43 bits per heavy atom. The monoisotopic (exact) mass is 331 g/mol. The second kappa shape index (κ2) is 9.02. The summed E-state index contributed by atoms with van der Waals surface area (Å²) >= 11 is 5.14. The third-order valence-corrected chi connectivity index (χ3v) is 3.22. The van der Waals surface area contributed by atoms with Gasteiger partial charge in [0.2, 0.25) is 0 Å². The maximum atomic E-state index is 5.14. The normalized spacial score (nSPS) is 12.3. The van der Waals surface area contributed by atoms with Crippen LogP contribution in [0.15, 0.2) is 47.8 Å². The largest absolute Gasteiger partial charge is 0.383 e. The quantitative estimate of drug-likeness (QED) is 0.460. The van der Waals surface area contributed by atoms with Crippen molar-refractivity contribution in [2.45, 2.75) is 19.5 Å². The van der Waals surface area contributed by atoms with Crippen molar-refractivity contribution in [1.82, 2.24) is 20.5 Å². The Kier molecular flexibility index (Phi) is 6.71. The van der Waals surface area contributed by atoms with Gasteiger partial charge < -0.3 is 10.1 Å². The average molecular weight is 331 g/mol. The van der Waals surface area contributed by atoms with Crippen LogP contribution in [-0.4, -0.2) is 40.9 Å². The number of thiocarbonyl (C=S) groups is 1. The van der Waals surface area contributed by atoms with Gasteiger partial charge in [-0.1, -0.05) is 30.3 Å². The number of aromatic nitrogens is 2. The minimum absolute atomic E-state index is 0.129. The Hall–Kier alpha value is -2.25. The van der Waals surface area contributed by atoms with E-state index in [1.165, 1.54) is 5.56 Å². The van der Waals surface area contributed by atoms with Crippen molar-refractivity contribution in [2.75, 3.05) is 13.7 Å². The highest BCUT2D eigenvalue weighted by atomic mass is 32.1. The first-order chi connectivity index (χ1) is 11.2. The zero-order valence-corrected chi connectivity index (χ0v) is 14.1. The van der Waals surface area contributed by atoms with Crippen LogP contribution in [-0.2, 0) is 11.3 Å². The molecule has 6 nitrogen and oxygen atoms in total. The second-order valence-electron chi connectivity index (χ2n) is 5.16. The predicted octanol–water partition coefficient (Wildman–Crippen LogP) is 1.76. The lowest BCUT2D eigenvalue weighted by Gasteiger charge is -2.13. The number of methoxy groups -OCH3 is 1. The second-order valence-corrected chi connectivity index (χ2v) is 5.56. The number of hydrazone groups is 1. The van der Waals surface area contributed by atoms with E-state index < -0.39 is 0 Å². The maximum absolute atomic E-state index is 5.14. The summed E-state index contributed by atoms with van der Waals surface area (Å²) in [6.07, 6.45) is 5.38. The van der Waals surface area contributed by atoms with Crippen molar-refractivity contribution >= 4 is 23.5 Å². The Morgan fingerprint density at radius 3 is 2.96 bits per heavy atom. The van der Waals surface area contributed by atoms with E-state index in [-0.39, 0.29) is 6.04 Å². The van der Waals surface area contributed by atoms with Crippen molar-refractivity contribution in [3.63, 3.8) is 0 Å². The molecule has 2 aromatic rings. The number of benzene rings is 1. The Labute approximate surface area is 141 Å². The van der Waals surface area contributed by atoms with E-state index in [2.05, 4.69) is 33.1 Å². The molecular weight excluding hydrogens is 310 g/mol. The lowest BCUT2D eigenvalue weighted by Crippen LogP contribution is -2.40. The topological polar surface area (TPSA) is 63.5 Å². The van der Waals surface area contributed by atoms with Gasteiger partial charge in [-0.3, -0.25) is 10.1 Å². The average Bonchev–Trinajstić information content (AvgIpc) is 2.96. The summed E-state index contributed by atoms with van der Waals surface area (Å²) in [4.78, 5) is 0. The van der Waals surface area contributed by atoms with Gasteiger partial charge in [-0.05, 0) is 24.7 Å². The summed E-state index contributed by atoms with van der Waals surface area (Å²) in [5, 5.41) is 11.9. The molecule has 1 aromatic carbocycles. The fourth-order valence-electron chi connectivity index (χ4n) is 2.02. The van der Waals surface area contributed by atoms with Crippen LogP contribution in [0.1, 0.15) is 18.1 Å². The molecule has 1 heterocycles. The smallest absolute Gasteiger partial charge is 0.187 e. The highest BCUT2D eigenvalue weighted by Crippen LogP contribution is 2.02. The maximum Gasteiger partial charge on any atom is 0.187 e. The van der Waals surface area contributed by atoms with Crippen molar-refractivity contribution in [1.29, 1.82) is 0 Å². The van der Waals surface area contributed by atoms with Crippen molar-refractivity contribution in [3.05, 3.63) is 53.9 Å². The summed E-state index contributed by atoms with van der Waals surface area (Å²) in [6.45, 7) is 3.29. The summed E-state index contributed by atoms with van der Waals surface area (Å²) in [5.41, 5.74) is 4.88. The number of nitrogens with one attached hydrogen (secondary N) is 2. The standard InChI is InChI=1S/C16H21N5OS/c1-13(12-22-2)19-16(23)20-17-8-15-9-18-21(11-15)10-14-6-4-3-5-7-14/h3-9,11,13H,10,12H2,1-2H3,(H2,19,20,23)/b17-8-/t13-/m1/s1. The van der Waals surface area contributed by atoms with Crippen LogP contribution in [0.5, 0.6) is 0 Å². The van der Waals surface area contributed by atoms with Gasteiger partial charge in [0.1, 0.15) is 0 Å². The molecule has 0 saturated heterocycles. The van der Waals surface area contributed by atoms with Crippen LogP contribution in [0.4, 0.5) is 0 Å². The van der Waals surface area contributed by atoms with Gasteiger partial charge in [-0.25, -0.2) is 0 Å². The van der Waals surface area contributed by atoms with E-state index in [1.54, 1.807) is 19.5 Å². The molecule has 0 saturated carbocycles. The molecule has 122 valence electrons. The molecule has 23 heavy (non-hydrogen) atoms. The van der Waals surface area contributed by atoms with Gasteiger partial charge >= 0.3 is 0 Å². The van der Waals surface area contributed by atoms with Gasteiger partial charge in [-0.15, -0.1) is 0 Å². The lowest BCUT2D eigenvalue weighted by atomic mass is 10.2.